The summed E-state index contributed by atoms with van der Waals surface area (Å²) >= 11 is 0. The lowest BCUT2D eigenvalue weighted by atomic mass is 10.1. The normalized spacial score (nSPS) is 13.0. The van der Waals surface area contributed by atoms with Crippen molar-refractivity contribution >= 4 is 17.9 Å². The number of esters is 3. The van der Waals surface area contributed by atoms with Gasteiger partial charge < -0.3 is 14.2 Å². The fourth-order valence-electron chi connectivity index (χ4n) is 7.46. The van der Waals surface area contributed by atoms with Gasteiger partial charge in [0.05, 0.1) is 0 Å². The Hall–Kier alpha value is -4.19. The van der Waals surface area contributed by atoms with Crippen molar-refractivity contribution in [2.75, 3.05) is 13.2 Å². The van der Waals surface area contributed by atoms with Gasteiger partial charge in [-0.1, -0.05) is 226 Å². The zero-order chi connectivity index (χ0) is 50.7. The van der Waals surface area contributed by atoms with Gasteiger partial charge in [0.15, 0.2) is 6.10 Å². The summed E-state index contributed by atoms with van der Waals surface area (Å²) in [6, 6.07) is 0. The van der Waals surface area contributed by atoms with E-state index in [1.54, 1.807) is 0 Å². The Kier molecular flexibility index (Phi) is 54.0. The molecule has 0 rings (SSSR count). The molecule has 0 saturated carbocycles. The molecule has 6 heteroatoms. The maximum atomic E-state index is 12.8. The zero-order valence-corrected chi connectivity index (χ0v) is 45.2. The number of allylic oxidation sites excluding steroid dienone is 20. The smallest absolute Gasteiger partial charge is 0.306 e. The fourth-order valence-corrected chi connectivity index (χ4v) is 7.46. The van der Waals surface area contributed by atoms with Gasteiger partial charge in [0.25, 0.3) is 0 Å². The Bertz CT molecular complexity index is 1490. The minimum Gasteiger partial charge on any atom is -0.462 e. The molecule has 0 saturated heterocycles. The second kappa shape index (κ2) is 57.4. The Morgan fingerprint density at radius 1 is 0.300 bits per heavy atom. The van der Waals surface area contributed by atoms with Crippen molar-refractivity contribution in [3.63, 3.8) is 0 Å². The number of carbonyl (C=O) groups excluding carboxylic acids is 3. The largest absolute Gasteiger partial charge is 0.462 e. The van der Waals surface area contributed by atoms with E-state index in [2.05, 4.69) is 142 Å². The molecule has 396 valence electrons. The van der Waals surface area contributed by atoms with Crippen molar-refractivity contribution in [1.29, 1.82) is 0 Å². The van der Waals surface area contributed by atoms with Gasteiger partial charge in [-0.3, -0.25) is 14.4 Å². The maximum Gasteiger partial charge on any atom is 0.306 e. The summed E-state index contributed by atoms with van der Waals surface area (Å²) in [5.41, 5.74) is 0. The van der Waals surface area contributed by atoms with E-state index in [1.807, 2.05) is 0 Å². The average molecular weight is 970 g/mol. The Labute approximate surface area is 431 Å². The lowest BCUT2D eigenvalue weighted by Gasteiger charge is -2.18. The summed E-state index contributed by atoms with van der Waals surface area (Å²) in [5, 5.41) is 0. The number of carbonyl (C=O) groups is 3. The number of hydrogen-bond donors (Lipinski definition) is 0. The van der Waals surface area contributed by atoms with Crippen molar-refractivity contribution in [2.45, 2.75) is 252 Å². The van der Waals surface area contributed by atoms with E-state index in [0.717, 1.165) is 116 Å². The van der Waals surface area contributed by atoms with E-state index >= 15 is 0 Å². The van der Waals surface area contributed by atoms with Crippen LogP contribution in [0.4, 0.5) is 0 Å². The molecule has 0 aromatic carbocycles. The number of unbranched alkanes of at least 4 members (excludes halogenated alkanes) is 19. The summed E-state index contributed by atoms with van der Waals surface area (Å²) in [6.07, 6.45) is 79.1. The first-order chi connectivity index (χ1) is 34.5. The van der Waals surface area contributed by atoms with E-state index < -0.39 is 6.10 Å². The highest BCUT2D eigenvalue weighted by Crippen LogP contribution is 2.14. The summed E-state index contributed by atoms with van der Waals surface area (Å²) in [5.74, 6) is -1.00. The first kappa shape index (κ1) is 65.8. The minimum atomic E-state index is -0.824. The monoisotopic (exact) mass is 969 g/mol. The van der Waals surface area contributed by atoms with Crippen LogP contribution < -0.4 is 0 Å². The maximum absolute atomic E-state index is 12.8. The van der Waals surface area contributed by atoms with Crippen LogP contribution in [0.1, 0.15) is 245 Å². The molecular formula is C64H104O6. The van der Waals surface area contributed by atoms with Gasteiger partial charge in [0.2, 0.25) is 0 Å². The molecule has 0 radical (unpaired) electrons. The molecule has 0 aliphatic heterocycles. The summed E-state index contributed by atoms with van der Waals surface area (Å²) in [7, 11) is 0. The van der Waals surface area contributed by atoms with Crippen molar-refractivity contribution in [3.8, 4) is 0 Å². The molecule has 0 aliphatic rings. The van der Waals surface area contributed by atoms with Gasteiger partial charge in [-0.2, -0.15) is 0 Å². The third-order valence-electron chi connectivity index (χ3n) is 11.7. The van der Waals surface area contributed by atoms with Crippen LogP contribution in [0.2, 0.25) is 0 Å². The lowest BCUT2D eigenvalue weighted by Crippen LogP contribution is -2.30. The van der Waals surface area contributed by atoms with Crippen LogP contribution in [0.25, 0.3) is 0 Å². The first-order valence-corrected chi connectivity index (χ1v) is 28.5. The average Bonchev–Trinajstić information content (AvgIpc) is 3.36. The molecule has 0 amide bonds. The summed E-state index contributed by atoms with van der Waals surface area (Å²) in [6.45, 7) is 6.34. The minimum absolute atomic E-state index is 0.114. The van der Waals surface area contributed by atoms with Crippen LogP contribution in [-0.4, -0.2) is 37.2 Å². The highest BCUT2D eigenvalue weighted by atomic mass is 16.6. The number of ether oxygens (including phenoxy) is 3. The molecule has 1 unspecified atom stereocenters. The lowest BCUT2D eigenvalue weighted by molar-refractivity contribution is -0.167. The molecule has 0 aromatic heterocycles. The van der Waals surface area contributed by atoms with Crippen LogP contribution in [0, 0.1) is 0 Å². The van der Waals surface area contributed by atoms with Crippen LogP contribution in [0.15, 0.2) is 122 Å². The van der Waals surface area contributed by atoms with Gasteiger partial charge in [-0.05, 0) is 122 Å². The predicted molar refractivity (Wildman–Crippen MR) is 302 cm³/mol. The topological polar surface area (TPSA) is 78.9 Å². The van der Waals surface area contributed by atoms with Crippen molar-refractivity contribution in [1.82, 2.24) is 0 Å². The highest BCUT2D eigenvalue weighted by molar-refractivity contribution is 5.71. The Balaban J connectivity index is 4.53. The second-order valence-corrected chi connectivity index (χ2v) is 18.4. The van der Waals surface area contributed by atoms with Crippen molar-refractivity contribution < 1.29 is 28.6 Å². The molecule has 0 bridgehead atoms. The van der Waals surface area contributed by atoms with Gasteiger partial charge in [0.1, 0.15) is 13.2 Å². The SMILES string of the molecule is CC/C=C\C/C=C\C/C=C\C/C=C\C/C=C\CCCC(=O)OC(COC(=O)CCCCCC/C=C\C/C=C\C/C=C\C/C=C\CC)COC(=O)CCCCCCCCC/C=C\CCCCCCCCC. The molecule has 0 N–H and O–H groups in total. The fraction of sp³-hybridized carbons (Fsp3) is 0.641. The molecule has 0 heterocycles. The highest BCUT2D eigenvalue weighted by Gasteiger charge is 2.19. The zero-order valence-electron chi connectivity index (χ0n) is 45.2. The van der Waals surface area contributed by atoms with Crippen LogP contribution in [-0.2, 0) is 28.6 Å². The molecule has 0 aliphatic carbocycles. The predicted octanol–water partition coefficient (Wildman–Crippen LogP) is 19.3. The Morgan fingerprint density at radius 2 is 0.571 bits per heavy atom. The van der Waals surface area contributed by atoms with Crippen molar-refractivity contribution in [2.24, 2.45) is 0 Å². The van der Waals surface area contributed by atoms with E-state index in [4.69, 9.17) is 14.2 Å². The van der Waals surface area contributed by atoms with E-state index in [-0.39, 0.29) is 37.5 Å². The third kappa shape index (κ3) is 54.7. The molecular weight excluding hydrogens is 865 g/mol. The third-order valence-corrected chi connectivity index (χ3v) is 11.7. The van der Waals surface area contributed by atoms with Gasteiger partial charge in [-0.25, -0.2) is 0 Å². The molecule has 6 nitrogen and oxygen atoms in total. The van der Waals surface area contributed by atoms with Gasteiger partial charge in [0, 0.05) is 19.3 Å². The quantitative estimate of drug-likeness (QED) is 0.0262. The van der Waals surface area contributed by atoms with Crippen molar-refractivity contribution in [3.05, 3.63) is 122 Å². The molecule has 0 spiro atoms. The van der Waals surface area contributed by atoms with E-state index in [1.165, 1.54) is 83.5 Å². The molecule has 1 atom stereocenters. The Morgan fingerprint density at radius 3 is 0.929 bits per heavy atom. The molecule has 0 aromatic rings. The van der Waals surface area contributed by atoms with E-state index in [0.29, 0.717) is 19.3 Å². The van der Waals surface area contributed by atoms with E-state index in [9.17, 15) is 14.4 Å². The van der Waals surface area contributed by atoms with Gasteiger partial charge >= 0.3 is 17.9 Å². The van der Waals surface area contributed by atoms with Crippen LogP contribution in [0.3, 0.4) is 0 Å². The standard InChI is InChI=1S/C64H104O6/c1-4-7-10-13-16-19-22-25-28-31-34-36-39-42-45-48-51-54-57-63(66)69-60-61(70-64(67)58-55-52-49-46-43-40-37-33-30-27-24-21-18-15-12-9-6-3)59-68-62(65)56-53-50-47-44-41-38-35-32-29-26-23-20-17-14-11-8-5-2/h8-9,11-12,17-18,20-21,26-31,35,37-38,40,46,49,61H,4-7,10,13-16,19,22-25,32-34,36,39,41-45,47-48,50-60H2,1-3H3/b11-8-,12-9-,20-17-,21-18-,29-26-,30-27-,31-28-,38-35-,40-37-,49-46-. The van der Waals surface area contributed by atoms with Crippen LogP contribution >= 0.6 is 0 Å². The second-order valence-electron chi connectivity index (χ2n) is 18.4. The van der Waals surface area contributed by atoms with Gasteiger partial charge in [-0.15, -0.1) is 0 Å². The molecule has 70 heavy (non-hydrogen) atoms. The summed E-state index contributed by atoms with van der Waals surface area (Å²) in [4.78, 5) is 38.2. The van der Waals surface area contributed by atoms with Crippen LogP contribution in [0.5, 0.6) is 0 Å². The molecule has 0 fully saturated rings. The summed E-state index contributed by atoms with van der Waals surface area (Å²) < 4.78 is 16.8. The number of hydrogen-bond acceptors (Lipinski definition) is 6. The number of rotatable bonds is 50. The first-order valence-electron chi connectivity index (χ1n) is 28.5.